The second-order valence-corrected chi connectivity index (χ2v) is 5.00. The number of amides is 2. The molecule has 7 heteroatoms. The maximum Gasteiger partial charge on any atom is 0.277 e. The van der Waals surface area contributed by atoms with Crippen LogP contribution in [0.3, 0.4) is 0 Å². The molecule has 0 fully saturated rings. The van der Waals surface area contributed by atoms with Crippen molar-refractivity contribution in [3.8, 4) is 0 Å². The van der Waals surface area contributed by atoms with E-state index in [4.69, 9.17) is 0 Å². The Balaban J connectivity index is 2.03. The van der Waals surface area contributed by atoms with Crippen molar-refractivity contribution < 1.29 is 9.59 Å². The summed E-state index contributed by atoms with van der Waals surface area (Å²) in [7, 11) is 0. The Kier molecular flexibility index (Phi) is 2.68. The van der Waals surface area contributed by atoms with E-state index in [1.54, 1.807) is 0 Å². The third-order valence-corrected chi connectivity index (χ3v) is 3.43. The average molecular weight is 274 g/mol. The summed E-state index contributed by atoms with van der Waals surface area (Å²) in [6.45, 7) is 1.40. The first-order valence-corrected chi connectivity index (χ1v) is 6.41. The number of nitrogens with zero attached hydrogens (tertiary/aromatic N) is 1. The minimum atomic E-state index is -0.291. The number of carbonyl (C=O) groups excluding carboxylic acids is 2. The molecule has 2 amide bonds. The molecule has 0 radical (unpaired) electrons. The van der Waals surface area contributed by atoms with Crippen molar-refractivity contribution in [2.24, 2.45) is 0 Å². The lowest BCUT2D eigenvalue weighted by molar-refractivity contribution is -0.114. The largest absolute Gasteiger partial charge is 0.343 e. The van der Waals surface area contributed by atoms with Crippen LogP contribution in [-0.2, 0) is 4.79 Å². The molecule has 1 aromatic heterocycles. The normalized spacial score (nSPS) is 12.6. The van der Waals surface area contributed by atoms with Crippen LogP contribution in [0.1, 0.15) is 17.4 Å². The number of aromatic nitrogens is 1. The Morgan fingerprint density at radius 3 is 2.63 bits per heavy atom. The second kappa shape index (κ2) is 4.36. The molecule has 96 valence electrons. The van der Waals surface area contributed by atoms with E-state index in [0.29, 0.717) is 15.8 Å². The highest BCUT2D eigenvalue weighted by Crippen LogP contribution is 2.36. The van der Waals surface area contributed by atoms with Crippen molar-refractivity contribution >= 4 is 44.7 Å². The van der Waals surface area contributed by atoms with Gasteiger partial charge in [-0.15, -0.1) is 0 Å². The van der Waals surface area contributed by atoms with Crippen LogP contribution >= 0.6 is 11.3 Å². The van der Waals surface area contributed by atoms with Gasteiger partial charge in [0, 0.05) is 6.92 Å². The molecule has 0 saturated heterocycles. The van der Waals surface area contributed by atoms with Crippen LogP contribution in [0.2, 0.25) is 0 Å². The first-order valence-electron chi connectivity index (χ1n) is 5.59. The maximum absolute atomic E-state index is 12.0. The molecule has 19 heavy (non-hydrogen) atoms. The van der Waals surface area contributed by atoms with Crippen molar-refractivity contribution in [3.63, 3.8) is 0 Å². The molecule has 0 aliphatic carbocycles. The molecule has 1 aliphatic heterocycles. The first kappa shape index (κ1) is 11.7. The number of hydrogen-bond donors (Lipinski definition) is 3. The molecular weight excluding hydrogens is 264 g/mol. The highest BCUT2D eigenvalue weighted by atomic mass is 32.1. The van der Waals surface area contributed by atoms with Crippen molar-refractivity contribution in [2.75, 3.05) is 16.0 Å². The van der Waals surface area contributed by atoms with Gasteiger partial charge < -0.3 is 16.0 Å². The van der Waals surface area contributed by atoms with Crippen LogP contribution < -0.4 is 16.0 Å². The quantitative estimate of drug-likeness (QED) is 0.745. The molecule has 6 nitrogen and oxygen atoms in total. The lowest BCUT2D eigenvalue weighted by Gasteiger charge is -2.06. The van der Waals surface area contributed by atoms with Crippen molar-refractivity contribution in [2.45, 2.75) is 6.92 Å². The molecular formula is C12H10N4O2S. The van der Waals surface area contributed by atoms with Gasteiger partial charge in [-0.25, -0.2) is 4.98 Å². The Hall–Kier alpha value is -2.41. The third kappa shape index (κ3) is 2.15. The molecule has 0 bridgehead atoms. The fourth-order valence-corrected chi connectivity index (χ4v) is 2.69. The molecule has 0 saturated carbocycles. The lowest BCUT2D eigenvalue weighted by atomic mass is 10.2. The van der Waals surface area contributed by atoms with E-state index in [1.807, 2.05) is 24.3 Å². The lowest BCUT2D eigenvalue weighted by Crippen LogP contribution is -2.12. The molecule has 0 atom stereocenters. The highest BCUT2D eigenvalue weighted by Gasteiger charge is 2.23. The Morgan fingerprint density at radius 1 is 1.26 bits per heavy atom. The number of rotatable bonds is 1. The predicted octanol–water partition coefficient (Wildman–Crippen LogP) is 2.41. The number of thiazole rings is 1. The predicted molar refractivity (Wildman–Crippen MR) is 74.1 cm³/mol. The molecule has 2 heterocycles. The Bertz CT molecular complexity index is 680. The van der Waals surface area contributed by atoms with E-state index in [0.717, 1.165) is 5.69 Å². The number of fused-ring (bicyclic) bond motifs is 2. The van der Waals surface area contributed by atoms with Gasteiger partial charge >= 0.3 is 0 Å². The van der Waals surface area contributed by atoms with Crippen LogP contribution in [0.25, 0.3) is 0 Å². The summed E-state index contributed by atoms with van der Waals surface area (Å²) in [6.07, 6.45) is 0. The van der Waals surface area contributed by atoms with Crippen LogP contribution in [0, 0.1) is 0 Å². The molecule has 3 N–H and O–H groups in total. The van der Waals surface area contributed by atoms with E-state index >= 15 is 0 Å². The van der Waals surface area contributed by atoms with Gasteiger partial charge in [-0.2, -0.15) is 0 Å². The van der Waals surface area contributed by atoms with Crippen LogP contribution in [0.15, 0.2) is 24.3 Å². The Labute approximate surface area is 112 Å². The van der Waals surface area contributed by atoms with Crippen LogP contribution in [-0.4, -0.2) is 16.8 Å². The van der Waals surface area contributed by atoms with Gasteiger partial charge in [0.15, 0.2) is 10.8 Å². The third-order valence-electron chi connectivity index (χ3n) is 2.55. The second-order valence-electron chi connectivity index (χ2n) is 4.00. The van der Waals surface area contributed by atoms with Gasteiger partial charge in [0.2, 0.25) is 5.91 Å². The molecule has 3 rings (SSSR count). The van der Waals surface area contributed by atoms with E-state index in [1.165, 1.54) is 18.3 Å². The highest BCUT2D eigenvalue weighted by molar-refractivity contribution is 7.20. The van der Waals surface area contributed by atoms with Gasteiger partial charge in [-0.1, -0.05) is 23.5 Å². The summed E-state index contributed by atoms with van der Waals surface area (Å²) in [5.41, 5.74) is 1.79. The number of benzene rings is 1. The van der Waals surface area contributed by atoms with E-state index in [-0.39, 0.29) is 17.5 Å². The number of anilines is 4. The molecule has 1 aromatic carbocycles. The molecule has 0 spiro atoms. The smallest absolute Gasteiger partial charge is 0.277 e. The molecule has 1 aliphatic rings. The monoisotopic (exact) mass is 274 g/mol. The number of nitrogens with one attached hydrogen (secondary N) is 3. The zero-order valence-corrected chi connectivity index (χ0v) is 10.8. The number of hydrogen-bond acceptors (Lipinski definition) is 5. The summed E-state index contributed by atoms with van der Waals surface area (Å²) in [4.78, 5) is 27.2. The van der Waals surface area contributed by atoms with Crippen LogP contribution in [0.5, 0.6) is 0 Å². The average Bonchev–Trinajstić information content (AvgIpc) is 2.68. The van der Waals surface area contributed by atoms with Gasteiger partial charge in [0.1, 0.15) is 5.00 Å². The Morgan fingerprint density at radius 2 is 1.95 bits per heavy atom. The maximum atomic E-state index is 12.0. The summed E-state index contributed by atoms with van der Waals surface area (Å²) in [6, 6.07) is 7.39. The van der Waals surface area contributed by atoms with Gasteiger partial charge in [-0.3, -0.25) is 9.59 Å². The number of carbonyl (C=O) groups is 2. The zero-order valence-electron chi connectivity index (χ0n) is 9.98. The summed E-state index contributed by atoms with van der Waals surface area (Å²) < 4.78 is 0. The van der Waals surface area contributed by atoms with Crippen LogP contribution in [0.4, 0.5) is 21.5 Å². The summed E-state index contributed by atoms with van der Waals surface area (Å²) >= 11 is 1.23. The number of para-hydroxylation sites is 2. The minimum Gasteiger partial charge on any atom is -0.343 e. The van der Waals surface area contributed by atoms with Crippen molar-refractivity contribution in [3.05, 3.63) is 30.0 Å². The topological polar surface area (TPSA) is 83.1 Å². The first-order chi connectivity index (χ1) is 9.13. The van der Waals surface area contributed by atoms with Crippen molar-refractivity contribution in [1.29, 1.82) is 0 Å². The van der Waals surface area contributed by atoms with Gasteiger partial charge in [-0.05, 0) is 12.1 Å². The van der Waals surface area contributed by atoms with Crippen molar-refractivity contribution in [1.82, 2.24) is 4.98 Å². The fourth-order valence-electron chi connectivity index (χ4n) is 1.77. The van der Waals surface area contributed by atoms with E-state index in [9.17, 15) is 9.59 Å². The summed E-state index contributed by atoms with van der Waals surface area (Å²) in [5.74, 6) is -0.509. The molecule has 0 unspecified atom stereocenters. The fraction of sp³-hybridized carbons (Fsp3) is 0.0833. The standard InChI is InChI=1S/C12H10N4O2S/c1-6(17)13-12-16-9-10(18)14-7-4-2-3-5-8(7)15-11(9)19-12/h2-5,15H,1H3,(H,14,18)(H,13,16,17). The van der Waals surface area contributed by atoms with E-state index < -0.39 is 0 Å². The van der Waals surface area contributed by atoms with Gasteiger partial charge in [0.25, 0.3) is 5.91 Å². The SMILES string of the molecule is CC(=O)Nc1nc2c(s1)Nc1ccccc1NC2=O. The van der Waals surface area contributed by atoms with E-state index in [2.05, 4.69) is 20.9 Å². The molecule has 2 aromatic rings. The zero-order chi connectivity index (χ0) is 13.4. The minimum absolute atomic E-state index is 0.218. The van der Waals surface area contributed by atoms with Gasteiger partial charge in [0.05, 0.1) is 11.4 Å². The summed E-state index contributed by atoms with van der Waals surface area (Å²) in [5, 5.41) is 9.52.